The highest BCUT2D eigenvalue weighted by atomic mass is 32.2. The molecule has 18 heavy (non-hydrogen) atoms. The number of hydrogen-bond donors (Lipinski definition) is 0. The van der Waals surface area contributed by atoms with Gasteiger partial charge in [-0.25, -0.2) is 27.2 Å². The maximum atomic E-state index is 12.6. The molecule has 1 aliphatic rings. The van der Waals surface area contributed by atoms with Gasteiger partial charge in [-0.3, -0.25) is 4.79 Å². The number of carbonyl (C=O) groups is 1. The summed E-state index contributed by atoms with van der Waals surface area (Å²) in [7, 11) is -3.61. The van der Waals surface area contributed by atoms with Gasteiger partial charge in [-0.1, -0.05) is 0 Å². The quantitative estimate of drug-likeness (QED) is 0.750. The molecule has 0 N–H and O–H groups in total. The van der Waals surface area contributed by atoms with Crippen molar-refractivity contribution in [3.8, 4) is 0 Å². The highest BCUT2D eigenvalue weighted by molar-refractivity contribution is 7.90. The van der Waals surface area contributed by atoms with Gasteiger partial charge in [-0.15, -0.1) is 0 Å². The van der Waals surface area contributed by atoms with Crippen LogP contribution in [0.2, 0.25) is 0 Å². The maximum absolute atomic E-state index is 12.6. The van der Waals surface area contributed by atoms with Crippen molar-refractivity contribution in [1.29, 1.82) is 0 Å². The summed E-state index contributed by atoms with van der Waals surface area (Å²) >= 11 is 0. The second-order valence-corrected chi connectivity index (χ2v) is 6.12. The zero-order valence-electron chi connectivity index (χ0n) is 9.43. The number of Topliss-reactive ketones (excluding diaryl/α,β-unsaturated/α-hetero) is 1. The van der Waals surface area contributed by atoms with Gasteiger partial charge in [-0.05, 0) is 6.42 Å². The number of aromatic nitrogens is 2. The van der Waals surface area contributed by atoms with Crippen LogP contribution in [0.25, 0.3) is 0 Å². The number of rotatable bonds is 2. The summed E-state index contributed by atoms with van der Waals surface area (Å²) in [6.45, 7) is 0. The third-order valence-corrected chi connectivity index (χ3v) is 3.60. The molecule has 8 heteroatoms. The van der Waals surface area contributed by atoms with E-state index in [9.17, 15) is 22.0 Å². The molecule has 0 fully saturated rings. The van der Waals surface area contributed by atoms with Gasteiger partial charge in [0.2, 0.25) is 21.4 Å². The predicted molar refractivity (Wildman–Crippen MR) is 57.3 cm³/mol. The molecule has 1 atom stereocenters. The van der Waals surface area contributed by atoms with Crippen LogP contribution < -0.4 is 0 Å². The standard InChI is InChI=1S/C10H10F2N2O3S/c1-18(16,17)10-13-4-6-7(14-10)2-5(9(11)12)3-8(6)15/h4-5,9H,2-3H2,1H3/t5-/m1/s1. The van der Waals surface area contributed by atoms with E-state index >= 15 is 0 Å². The highest BCUT2D eigenvalue weighted by Gasteiger charge is 2.32. The summed E-state index contributed by atoms with van der Waals surface area (Å²) in [5, 5.41) is -0.441. The van der Waals surface area contributed by atoms with E-state index in [4.69, 9.17) is 0 Å². The topological polar surface area (TPSA) is 77.0 Å². The molecule has 1 aliphatic carbocycles. The minimum Gasteiger partial charge on any atom is -0.294 e. The summed E-state index contributed by atoms with van der Waals surface area (Å²) in [4.78, 5) is 18.9. The van der Waals surface area contributed by atoms with E-state index in [2.05, 4.69) is 9.97 Å². The van der Waals surface area contributed by atoms with Crippen LogP contribution in [-0.2, 0) is 16.3 Å². The fourth-order valence-electron chi connectivity index (χ4n) is 1.81. The first-order valence-electron chi connectivity index (χ1n) is 5.16. The molecule has 0 aliphatic heterocycles. The lowest BCUT2D eigenvalue weighted by molar-refractivity contribution is 0.0590. The van der Waals surface area contributed by atoms with Crippen molar-refractivity contribution in [2.75, 3.05) is 6.26 Å². The average molecular weight is 276 g/mol. The van der Waals surface area contributed by atoms with E-state index in [0.29, 0.717) is 0 Å². The van der Waals surface area contributed by atoms with Crippen LogP contribution in [0.15, 0.2) is 11.4 Å². The van der Waals surface area contributed by atoms with E-state index in [1.807, 2.05) is 0 Å². The van der Waals surface area contributed by atoms with E-state index in [1.165, 1.54) is 0 Å². The van der Waals surface area contributed by atoms with Crippen molar-refractivity contribution in [3.05, 3.63) is 17.5 Å². The Labute approximate surface area is 102 Å². The van der Waals surface area contributed by atoms with E-state index in [-0.39, 0.29) is 24.1 Å². The van der Waals surface area contributed by atoms with Crippen LogP contribution in [0.1, 0.15) is 22.5 Å². The first-order valence-corrected chi connectivity index (χ1v) is 7.05. The van der Waals surface area contributed by atoms with Gasteiger partial charge in [-0.2, -0.15) is 0 Å². The van der Waals surface area contributed by atoms with Gasteiger partial charge in [0, 0.05) is 24.8 Å². The fraction of sp³-hybridized carbons (Fsp3) is 0.500. The lowest BCUT2D eigenvalue weighted by Crippen LogP contribution is -2.27. The van der Waals surface area contributed by atoms with Gasteiger partial charge in [0.15, 0.2) is 5.78 Å². The molecular weight excluding hydrogens is 266 g/mol. The molecule has 1 aromatic rings. The molecule has 0 spiro atoms. The minimum absolute atomic E-state index is 0.0898. The molecule has 0 aromatic carbocycles. The van der Waals surface area contributed by atoms with Crippen LogP contribution in [0.4, 0.5) is 8.78 Å². The SMILES string of the molecule is CS(=O)(=O)c1ncc2c(n1)C[C@@H](C(F)F)CC2=O. The fourth-order valence-corrected chi connectivity index (χ4v) is 2.33. The average Bonchev–Trinajstić information content (AvgIpc) is 2.26. The smallest absolute Gasteiger partial charge is 0.247 e. The lowest BCUT2D eigenvalue weighted by atomic mass is 9.87. The van der Waals surface area contributed by atoms with Crippen LogP contribution in [0.3, 0.4) is 0 Å². The number of halogens is 2. The summed E-state index contributed by atoms with van der Waals surface area (Å²) in [5.74, 6) is -1.58. The normalized spacial score (nSPS) is 20.0. The lowest BCUT2D eigenvalue weighted by Gasteiger charge is -2.21. The first kappa shape index (κ1) is 13.0. The molecule has 5 nitrogen and oxygen atoms in total. The second kappa shape index (κ2) is 4.34. The van der Waals surface area contributed by atoms with Crippen LogP contribution in [-0.4, -0.2) is 36.9 Å². The molecule has 1 heterocycles. The van der Waals surface area contributed by atoms with Gasteiger partial charge in [0.05, 0.1) is 11.3 Å². The predicted octanol–water partition coefficient (Wildman–Crippen LogP) is 0.890. The maximum Gasteiger partial charge on any atom is 0.247 e. The number of alkyl halides is 2. The van der Waals surface area contributed by atoms with Gasteiger partial charge >= 0.3 is 0 Å². The Morgan fingerprint density at radius 1 is 1.39 bits per heavy atom. The molecule has 0 saturated carbocycles. The van der Waals surface area contributed by atoms with Crippen LogP contribution >= 0.6 is 0 Å². The zero-order chi connectivity index (χ0) is 13.5. The molecule has 0 unspecified atom stereocenters. The van der Waals surface area contributed by atoms with E-state index in [1.54, 1.807) is 0 Å². The van der Waals surface area contributed by atoms with Crippen LogP contribution in [0.5, 0.6) is 0 Å². The Kier molecular flexibility index (Phi) is 3.14. The first-order chi connectivity index (χ1) is 8.29. The number of ketones is 1. The third-order valence-electron chi connectivity index (χ3n) is 2.74. The largest absolute Gasteiger partial charge is 0.294 e. The van der Waals surface area contributed by atoms with Gasteiger partial charge in [0.1, 0.15) is 0 Å². The Hall–Kier alpha value is -1.44. The summed E-state index contributed by atoms with van der Waals surface area (Å²) in [5.41, 5.74) is 0.228. The van der Waals surface area contributed by atoms with Gasteiger partial charge < -0.3 is 0 Å². The van der Waals surface area contributed by atoms with Crippen molar-refractivity contribution in [3.63, 3.8) is 0 Å². The molecule has 1 aromatic heterocycles. The highest BCUT2D eigenvalue weighted by Crippen LogP contribution is 2.28. The number of nitrogens with zero attached hydrogens (tertiary/aromatic N) is 2. The molecule has 0 bridgehead atoms. The summed E-state index contributed by atoms with van der Waals surface area (Å²) in [6.07, 6.45) is -0.971. The van der Waals surface area contributed by atoms with E-state index in [0.717, 1.165) is 12.5 Å². The summed E-state index contributed by atoms with van der Waals surface area (Å²) in [6, 6.07) is 0. The second-order valence-electron chi connectivity index (χ2n) is 4.21. The molecule has 0 radical (unpaired) electrons. The van der Waals surface area contributed by atoms with E-state index < -0.39 is 33.1 Å². The van der Waals surface area contributed by atoms with Crippen molar-refractivity contribution in [2.45, 2.75) is 24.4 Å². The third kappa shape index (κ3) is 2.38. The zero-order valence-corrected chi connectivity index (χ0v) is 10.2. The van der Waals surface area contributed by atoms with Crippen molar-refractivity contribution >= 4 is 15.6 Å². The Bertz CT molecular complexity index is 601. The molecule has 2 rings (SSSR count). The number of sulfone groups is 1. The molecule has 0 saturated heterocycles. The van der Waals surface area contributed by atoms with Crippen molar-refractivity contribution in [1.82, 2.24) is 9.97 Å². The van der Waals surface area contributed by atoms with Crippen molar-refractivity contribution < 1.29 is 22.0 Å². The van der Waals surface area contributed by atoms with Crippen molar-refractivity contribution in [2.24, 2.45) is 5.92 Å². The monoisotopic (exact) mass is 276 g/mol. The Balaban J connectivity index is 2.47. The summed E-state index contributed by atoms with van der Waals surface area (Å²) < 4.78 is 47.7. The number of carbonyl (C=O) groups excluding carboxylic acids is 1. The minimum atomic E-state index is -3.61. The Morgan fingerprint density at radius 2 is 2.06 bits per heavy atom. The van der Waals surface area contributed by atoms with Gasteiger partial charge in [0.25, 0.3) is 0 Å². The molecule has 98 valence electrons. The van der Waals surface area contributed by atoms with Crippen LogP contribution in [0, 0.1) is 5.92 Å². The number of hydrogen-bond acceptors (Lipinski definition) is 5. The molecule has 0 amide bonds. The Morgan fingerprint density at radius 3 is 2.61 bits per heavy atom. The number of fused-ring (bicyclic) bond motifs is 1. The molecular formula is C10H10F2N2O3S.